The van der Waals surface area contributed by atoms with E-state index in [-0.39, 0.29) is 17.3 Å². The Morgan fingerprint density at radius 3 is 2.33 bits per heavy atom. The molecule has 21 heavy (non-hydrogen) atoms. The molecule has 0 aromatic carbocycles. The fourth-order valence-electron chi connectivity index (χ4n) is 2.42. The lowest BCUT2D eigenvalue weighted by Crippen LogP contribution is -2.34. The van der Waals surface area contributed by atoms with E-state index in [2.05, 4.69) is 4.98 Å². The van der Waals surface area contributed by atoms with E-state index in [9.17, 15) is 22.8 Å². The number of carbonyl (C=O) groups excluding carboxylic acids is 1. The fourth-order valence-corrected chi connectivity index (χ4v) is 2.42. The zero-order valence-electron chi connectivity index (χ0n) is 11.3. The molecule has 0 saturated carbocycles. The molecule has 2 heterocycles. The maximum absolute atomic E-state index is 12.9. The summed E-state index contributed by atoms with van der Waals surface area (Å²) >= 11 is 0. The molecule has 1 aliphatic rings. The number of aliphatic carboxylic acids is 1. The second-order valence-corrected chi connectivity index (χ2v) is 4.95. The number of aromatic nitrogens is 1. The van der Waals surface area contributed by atoms with Crippen LogP contribution in [0.15, 0.2) is 4.42 Å². The first kappa shape index (κ1) is 15.3. The number of hydrogen-bond acceptors (Lipinski definition) is 4. The predicted molar refractivity (Wildman–Crippen MR) is 62.6 cm³/mol. The van der Waals surface area contributed by atoms with E-state index in [0.29, 0.717) is 0 Å². The van der Waals surface area contributed by atoms with Crippen LogP contribution in [-0.4, -0.2) is 46.1 Å². The number of aryl methyl sites for hydroxylation is 2. The van der Waals surface area contributed by atoms with Gasteiger partial charge in [0.15, 0.2) is 5.89 Å². The molecular weight excluding hydrogens is 293 g/mol. The van der Waals surface area contributed by atoms with E-state index < -0.39 is 43.0 Å². The van der Waals surface area contributed by atoms with Crippen LogP contribution in [-0.2, 0) is 4.79 Å². The summed E-state index contributed by atoms with van der Waals surface area (Å²) in [4.78, 5) is 27.8. The van der Waals surface area contributed by atoms with Gasteiger partial charge in [-0.3, -0.25) is 9.59 Å². The minimum absolute atomic E-state index is 0.153. The van der Waals surface area contributed by atoms with Gasteiger partial charge in [0, 0.05) is 20.0 Å². The summed E-state index contributed by atoms with van der Waals surface area (Å²) < 4.78 is 43.6. The van der Waals surface area contributed by atoms with Crippen LogP contribution in [0.2, 0.25) is 0 Å². The zero-order valence-corrected chi connectivity index (χ0v) is 11.3. The Morgan fingerprint density at radius 2 is 1.95 bits per heavy atom. The third-order valence-corrected chi connectivity index (χ3v) is 3.44. The molecule has 6 nitrogen and oxygen atoms in total. The molecule has 2 rings (SSSR count). The zero-order chi connectivity index (χ0) is 15.9. The number of halogens is 3. The lowest BCUT2D eigenvalue weighted by molar-refractivity contribution is -0.187. The van der Waals surface area contributed by atoms with Crippen LogP contribution in [0.5, 0.6) is 0 Å². The monoisotopic (exact) mass is 306 g/mol. The molecule has 1 saturated heterocycles. The highest BCUT2D eigenvalue weighted by atomic mass is 19.4. The van der Waals surface area contributed by atoms with Crippen molar-refractivity contribution >= 4 is 11.9 Å². The number of amides is 1. The second-order valence-electron chi connectivity index (χ2n) is 4.95. The van der Waals surface area contributed by atoms with E-state index >= 15 is 0 Å². The molecule has 1 N–H and O–H groups in total. The third kappa shape index (κ3) is 2.86. The summed E-state index contributed by atoms with van der Waals surface area (Å²) in [5.74, 6) is -6.03. The van der Waals surface area contributed by atoms with Gasteiger partial charge in [0.25, 0.3) is 5.91 Å². The van der Waals surface area contributed by atoms with Crippen molar-refractivity contribution in [2.45, 2.75) is 20.0 Å². The van der Waals surface area contributed by atoms with E-state index in [4.69, 9.17) is 9.52 Å². The number of carboxylic acid groups (broad SMARTS) is 1. The molecule has 1 aromatic heterocycles. The quantitative estimate of drug-likeness (QED) is 0.897. The molecule has 9 heteroatoms. The van der Waals surface area contributed by atoms with Gasteiger partial charge in [0.1, 0.15) is 0 Å². The Kier molecular flexibility index (Phi) is 3.68. The molecule has 116 valence electrons. The van der Waals surface area contributed by atoms with Crippen molar-refractivity contribution in [2.75, 3.05) is 13.1 Å². The number of hydrogen-bond donors (Lipinski definition) is 1. The van der Waals surface area contributed by atoms with Crippen molar-refractivity contribution in [2.24, 2.45) is 11.8 Å². The Hall–Kier alpha value is -2.06. The summed E-state index contributed by atoms with van der Waals surface area (Å²) in [5, 5.41) is 8.90. The normalized spacial score (nSPS) is 22.6. The maximum Gasteiger partial charge on any atom is 0.394 e. The average Bonchev–Trinajstić information content (AvgIpc) is 2.91. The minimum Gasteiger partial charge on any atom is -0.481 e. The van der Waals surface area contributed by atoms with Crippen LogP contribution >= 0.6 is 0 Å². The van der Waals surface area contributed by atoms with Crippen LogP contribution in [0.3, 0.4) is 0 Å². The summed E-state index contributed by atoms with van der Waals surface area (Å²) in [7, 11) is 0. The van der Waals surface area contributed by atoms with Gasteiger partial charge in [0.2, 0.25) is 5.76 Å². The van der Waals surface area contributed by atoms with Crippen molar-refractivity contribution in [3.05, 3.63) is 17.3 Å². The van der Waals surface area contributed by atoms with Crippen LogP contribution in [0.25, 0.3) is 0 Å². The van der Waals surface area contributed by atoms with E-state index in [1.165, 1.54) is 13.8 Å². The summed E-state index contributed by atoms with van der Waals surface area (Å²) in [5.41, 5.74) is 0.264. The van der Waals surface area contributed by atoms with Crippen LogP contribution in [0, 0.1) is 25.7 Å². The van der Waals surface area contributed by atoms with Crippen molar-refractivity contribution in [3.8, 4) is 0 Å². The third-order valence-electron chi connectivity index (χ3n) is 3.44. The number of carbonyl (C=O) groups is 2. The largest absolute Gasteiger partial charge is 0.481 e. The van der Waals surface area contributed by atoms with Gasteiger partial charge in [-0.05, 0) is 6.92 Å². The van der Waals surface area contributed by atoms with Gasteiger partial charge >= 0.3 is 12.1 Å². The van der Waals surface area contributed by atoms with Gasteiger partial charge in [0.05, 0.1) is 17.5 Å². The SMILES string of the molecule is Cc1nc(C)c(C(=O)N2C[C@@H](C(F)(F)F)[C@H](C(=O)O)C2)o1. The Labute approximate surface area is 117 Å². The molecule has 1 aromatic rings. The number of carboxylic acids is 1. The molecule has 1 fully saturated rings. The smallest absolute Gasteiger partial charge is 0.394 e. The molecule has 0 bridgehead atoms. The fraction of sp³-hybridized carbons (Fsp3) is 0.583. The molecule has 0 radical (unpaired) electrons. The summed E-state index contributed by atoms with van der Waals surface area (Å²) in [6, 6.07) is 0. The van der Waals surface area contributed by atoms with Crippen LogP contribution in [0.1, 0.15) is 22.1 Å². The summed E-state index contributed by atoms with van der Waals surface area (Å²) in [6.45, 7) is 1.80. The first-order chi connectivity index (χ1) is 9.61. The van der Waals surface area contributed by atoms with E-state index in [1.54, 1.807) is 0 Å². The molecule has 2 atom stereocenters. The van der Waals surface area contributed by atoms with Gasteiger partial charge in [-0.2, -0.15) is 13.2 Å². The van der Waals surface area contributed by atoms with Crippen molar-refractivity contribution in [1.29, 1.82) is 0 Å². The predicted octanol–water partition coefficient (Wildman–Crippen LogP) is 1.63. The summed E-state index contributed by atoms with van der Waals surface area (Å²) in [6.07, 6.45) is -4.68. The maximum atomic E-state index is 12.9. The molecule has 0 aliphatic carbocycles. The van der Waals surface area contributed by atoms with Gasteiger partial charge in [-0.15, -0.1) is 0 Å². The number of alkyl halides is 3. The van der Waals surface area contributed by atoms with Crippen LogP contribution < -0.4 is 0 Å². The highest BCUT2D eigenvalue weighted by Crippen LogP contribution is 2.38. The number of nitrogens with zero attached hydrogens (tertiary/aromatic N) is 2. The number of oxazole rings is 1. The number of likely N-dealkylation sites (tertiary alicyclic amines) is 1. The van der Waals surface area contributed by atoms with Crippen molar-refractivity contribution in [3.63, 3.8) is 0 Å². The van der Waals surface area contributed by atoms with E-state index in [1.807, 2.05) is 0 Å². The van der Waals surface area contributed by atoms with E-state index in [0.717, 1.165) is 4.90 Å². The van der Waals surface area contributed by atoms with Gasteiger partial charge in [-0.25, -0.2) is 4.98 Å². The van der Waals surface area contributed by atoms with Gasteiger partial charge in [-0.1, -0.05) is 0 Å². The lowest BCUT2D eigenvalue weighted by atomic mass is 9.96. The number of rotatable bonds is 2. The molecule has 0 spiro atoms. The standard InChI is InChI=1S/C12H13F3N2O4/c1-5-9(21-6(2)16-5)10(18)17-3-7(11(19)20)8(4-17)12(13,14)15/h7-8H,3-4H2,1-2H3,(H,19,20)/t7-,8-/m1/s1. The first-order valence-electron chi connectivity index (χ1n) is 6.14. The minimum atomic E-state index is -4.68. The van der Waals surface area contributed by atoms with Crippen molar-refractivity contribution < 1.29 is 32.3 Å². The Bertz CT molecular complexity index is 582. The highest BCUT2D eigenvalue weighted by Gasteiger charge is 2.53. The second kappa shape index (κ2) is 5.05. The molecule has 1 amide bonds. The van der Waals surface area contributed by atoms with Gasteiger partial charge < -0.3 is 14.4 Å². The lowest BCUT2D eigenvalue weighted by Gasteiger charge is -2.18. The molecule has 0 unspecified atom stereocenters. The molecule has 1 aliphatic heterocycles. The first-order valence-corrected chi connectivity index (χ1v) is 6.14. The van der Waals surface area contributed by atoms with Crippen LogP contribution in [0.4, 0.5) is 13.2 Å². The highest BCUT2D eigenvalue weighted by molar-refractivity contribution is 5.93. The van der Waals surface area contributed by atoms with Crippen molar-refractivity contribution in [1.82, 2.24) is 9.88 Å². The topological polar surface area (TPSA) is 83.6 Å². The Morgan fingerprint density at radius 1 is 1.33 bits per heavy atom. The Balaban J connectivity index is 2.25. The average molecular weight is 306 g/mol. The molecular formula is C12H13F3N2O4.